The van der Waals surface area contributed by atoms with Gasteiger partial charge >= 0.3 is 6.03 Å². The molecule has 3 aromatic rings. The van der Waals surface area contributed by atoms with Crippen molar-refractivity contribution in [3.8, 4) is 0 Å². The Morgan fingerprint density at radius 2 is 1.60 bits per heavy atom. The third-order valence-corrected chi connectivity index (χ3v) is 3.98. The number of carbonyl (C=O) groups is 1. The van der Waals surface area contributed by atoms with Crippen LogP contribution >= 0.6 is 0 Å². The average Bonchev–Trinajstić information content (AvgIpc) is 2.63. The molecule has 0 spiro atoms. The van der Waals surface area contributed by atoms with E-state index in [0.717, 1.165) is 28.5 Å². The van der Waals surface area contributed by atoms with Crippen LogP contribution in [-0.2, 0) is 12.8 Å². The van der Waals surface area contributed by atoms with Gasteiger partial charge in [-0.2, -0.15) is 0 Å². The zero-order chi connectivity index (χ0) is 17.5. The minimum Gasteiger partial charge on any atom is -0.338 e. The second-order valence-electron chi connectivity index (χ2n) is 5.84. The predicted molar refractivity (Wildman–Crippen MR) is 97.0 cm³/mol. The molecule has 4 nitrogen and oxygen atoms in total. The van der Waals surface area contributed by atoms with Crippen molar-refractivity contribution in [1.82, 2.24) is 15.6 Å². The van der Waals surface area contributed by atoms with E-state index in [4.69, 9.17) is 0 Å². The van der Waals surface area contributed by atoms with E-state index in [9.17, 15) is 9.18 Å². The van der Waals surface area contributed by atoms with Gasteiger partial charge in [-0.1, -0.05) is 24.3 Å². The molecule has 5 heteroatoms. The van der Waals surface area contributed by atoms with Gasteiger partial charge < -0.3 is 10.6 Å². The molecule has 0 atom stereocenters. The largest absolute Gasteiger partial charge is 0.338 e. The number of carbonyl (C=O) groups excluding carboxylic acids is 1. The Morgan fingerprint density at radius 1 is 0.920 bits per heavy atom. The van der Waals surface area contributed by atoms with E-state index in [-0.39, 0.29) is 11.8 Å². The Balaban J connectivity index is 1.39. The number of nitrogens with one attached hydrogen (secondary N) is 2. The lowest BCUT2D eigenvalue weighted by Crippen LogP contribution is -2.37. The number of benzene rings is 2. The highest BCUT2D eigenvalue weighted by molar-refractivity contribution is 5.79. The third kappa shape index (κ3) is 5.01. The molecule has 128 valence electrons. The zero-order valence-corrected chi connectivity index (χ0v) is 13.8. The predicted octanol–water partition coefficient (Wildman–Crippen LogP) is 3.46. The first-order chi connectivity index (χ1) is 12.2. The number of nitrogens with zero attached hydrogens (tertiary/aromatic N) is 1. The topological polar surface area (TPSA) is 54.0 Å². The van der Waals surface area contributed by atoms with E-state index >= 15 is 0 Å². The number of pyridine rings is 1. The standard InChI is InChI=1S/C20H20FN3O/c21-18-6-3-15(4-7-18)9-12-23-20(25)24-13-10-16-5-8-19-17(14-16)2-1-11-22-19/h1-8,11,14H,9-10,12-13H2,(H2,23,24,25). The van der Waals surface area contributed by atoms with Crippen LogP contribution in [0, 0.1) is 5.82 Å². The van der Waals surface area contributed by atoms with Crippen LogP contribution in [0.1, 0.15) is 11.1 Å². The normalized spacial score (nSPS) is 10.6. The highest BCUT2D eigenvalue weighted by Gasteiger charge is 2.01. The summed E-state index contributed by atoms with van der Waals surface area (Å²) in [6.45, 7) is 1.08. The molecule has 0 saturated heterocycles. The van der Waals surface area contributed by atoms with Crippen molar-refractivity contribution >= 4 is 16.9 Å². The molecule has 3 rings (SSSR count). The molecular formula is C20H20FN3O. The number of rotatable bonds is 6. The van der Waals surface area contributed by atoms with Gasteiger partial charge in [0.05, 0.1) is 5.52 Å². The van der Waals surface area contributed by atoms with Crippen LogP contribution in [0.2, 0.25) is 0 Å². The van der Waals surface area contributed by atoms with Crippen molar-refractivity contribution in [3.63, 3.8) is 0 Å². The molecule has 2 aromatic carbocycles. The molecule has 0 unspecified atom stereocenters. The number of aromatic nitrogens is 1. The van der Waals surface area contributed by atoms with E-state index in [0.29, 0.717) is 19.5 Å². The van der Waals surface area contributed by atoms with Crippen LogP contribution in [0.4, 0.5) is 9.18 Å². The Labute approximate surface area is 146 Å². The summed E-state index contributed by atoms with van der Waals surface area (Å²) >= 11 is 0. The van der Waals surface area contributed by atoms with Gasteiger partial charge in [0, 0.05) is 24.7 Å². The third-order valence-electron chi connectivity index (χ3n) is 3.98. The fourth-order valence-electron chi connectivity index (χ4n) is 2.63. The van der Waals surface area contributed by atoms with E-state index in [1.54, 1.807) is 18.3 Å². The zero-order valence-electron chi connectivity index (χ0n) is 13.8. The summed E-state index contributed by atoms with van der Waals surface area (Å²) in [7, 11) is 0. The lowest BCUT2D eigenvalue weighted by atomic mass is 10.1. The van der Waals surface area contributed by atoms with Gasteiger partial charge in [-0.15, -0.1) is 0 Å². The van der Waals surface area contributed by atoms with Gasteiger partial charge in [0.1, 0.15) is 5.82 Å². The molecule has 0 saturated carbocycles. The number of amides is 2. The van der Waals surface area contributed by atoms with Crippen molar-refractivity contribution in [2.75, 3.05) is 13.1 Å². The van der Waals surface area contributed by atoms with Crippen LogP contribution < -0.4 is 10.6 Å². The molecule has 0 bridgehead atoms. The van der Waals surface area contributed by atoms with Crippen molar-refractivity contribution in [1.29, 1.82) is 0 Å². The van der Waals surface area contributed by atoms with E-state index in [1.807, 2.05) is 24.3 Å². The van der Waals surface area contributed by atoms with Gasteiger partial charge in [-0.25, -0.2) is 9.18 Å². The number of hydrogen-bond acceptors (Lipinski definition) is 2. The van der Waals surface area contributed by atoms with Gasteiger partial charge in [-0.3, -0.25) is 4.98 Å². The monoisotopic (exact) mass is 337 g/mol. The summed E-state index contributed by atoms with van der Waals surface area (Å²) in [4.78, 5) is 16.1. The molecular weight excluding hydrogens is 317 g/mol. The second-order valence-corrected chi connectivity index (χ2v) is 5.84. The highest BCUT2D eigenvalue weighted by atomic mass is 19.1. The lowest BCUT2D eigenvalue weighted by molar-refractivity contribution is 0.241. The number of halogens is 1. The smallest absolute Gasteiger partial charge is 0.314 e. The summed E-state index contributed by atoms with van der Waals surface area (Å²) in [6, 6.07) is 16.2. The minimum atomic E-state index is -0.251. The van der Waals surface area contributed by atoms with Crippen LogP contribution in [0.25, 0.3) is 10.9 Å². The molecule has 25 heavy (non-hydrogen) atoms. The fourth-order valence-corrected chi connectivity index (χ4v) is 2.63. The molecule has 0 aliphatic carbocycles. The van der Waals surface area contributed by atoms with Crippen molar-refractivity contribution < 1.29 is 9.18 Å². The van der Waals surface area contributed by atoms with E-state index in [2.05, 4.69) is 21.7 Å². The van der Waals surface area contributed by atoms with Crippen LogP contribution in [0.5, 0.6) is 0 Å². The molecule has 1 aromatic heterocycles. The number of hydrogen-bond donors (Lipinski definition) is 2. The van der Waals surface area contributed by atoms with E-state index in [1.165, 1.54) is 12.1 Å². The van der Waals surface area contributed by atoms with Crippen LogP contribution in [0.3, 0.4) is 0 Å². The summed E-state index contributed by atoms with van der Waals surface area (Å²) in [6.07, 6.45) is 3.21. The SMILES string of the molecule is O=C(NCCc1ccc(F)cc1)NCCc1ccc2ncccc2c1. The molecule has 0 aliphatic heterocycles. The quantitative estimate of drug-likeness (QED) is 0.724. The lowest BCUT2D eigenvalue weighted by Gasteiger charge is -2.08. The highest BCUT2D eigenvalue weighted by Crippen LogP contribution is 2.13. The van der Waals surface area contributed by atoms with Crippen molar-refractivity contribution in [2.24, 2.45) is 0 Å². The van der Waals surface area contributed by atoms with Crippen molar-refractivity contribution in [3.05, 3.63) is 77.7 Å². The minimum absolute atomic E-state index is 0.190. The van der Waals surface area contributed by atoms with Crippen molar-refractivity contribution in [2.45, 2.75) is 12.8 Å². The van der Waals surface area contributed by atoms with E-state index < -0.39 is 0 Å². The van der Waals surface area contributed by atoms with Gasteiger partial charge in [0.25, 0.3) is 0 Å². The maximum Gasteiger partial charge on any atom is 0.314 e. The maximum absolute atomic E-state index is 12.8. The fraction of sp³-hybridized carbons (Fsp3) is 0.200. The summed E-state index contributed by atoms with van der Waals surface area (Å²) in [5.74, 6) is -0.251. The Kier molecular flexibility index (Phi) is 5.57. The molecule has 2 N–H and O–H groups in total. The molecule has 0 radical (unpaired) electrons. The van der Waals surface area contributed by atoms with Gasteiger partial charge in [-0.05, 0) is 54.3 Å². The number of fused-ring (bicyclic) bond motifs is 1. The summed E-state index contributed by atoms with van der Waals surface area (Å²) in [5.41, 5.74) is 3.12. The van der Waals surface area contributed by atoms with Gasteiger partial charge in [0.15, 0.2) is 0 Å². The Hall–Kier alpha value is -2.95. The first kappa shape index (κ1) is 16.9. The second kappa shape index (κ2) is 8.24. The Morgan fingerprint density at radius 3 is 2.36 bits per heavy atom. The summed E-state index contributed by atoms with van der Waals surface area (Å²) in [5, 5.41) is 6.76. The molecule has 0 fully saturated rings. The average molecular weight is 337 g/mol. The first-order valence-corrected chi connectivity index (χ1v) is 8.30. The number of urea groups is 1. The maximum atomic E-state index is 12.8. The first-order valence-electron chi connectivity index (χ1n) is 8.30. The van der Waals surface area contributed by atoms with Crippen LogP contribution in [-0.4, -0.2) is 24.1 Å². The molecule has 0 aliphatic rings. The summed E-state index contributed by atoms with van der Waals surface area (Å²) < 4.78 is 12.8. The molecule has 1 heterocycles. The molecule has 2 amide bonds. The van der Waals surface area contributed by atoms with Gasteiger partial charge in [0.2, 0.25) is 0 Å². The Bertz CT molecular complexity index is 849. The van der Waals surface area contributed by atoms with Crippen LogP contribution in [0.15, 0.2) is 60.8 Å².